The van der Waals surface area contributed by atoms with E-state index in [1.54, 1.807) is 0 Å². The number of hydrogen-bond donors (Lipinski definition) is 2. The molecule has 0 amide bonds. The number of hydrogen-bond acceptors (Lipinski definition) is 6. The molecule has 0 saturated carbocycles. The summed E-state index contributed by atoms with van der Waals surface area (Å²) in [5.41, 5.74) is 4.65. The van der Waals surface area contributed by atoms with Crippen LogP contribution in [0.1, 0.15) is 5.56 Å². The van der Waals surface area contributed by atoms with Crippen LogP contribution in [0.5, 0.6) is 0 Å². The van der Waals surface area contributed by atoms with Gasteiger partial charge in [0.25, 0.3) is 0 Å². The minimum Gasteiger partial charge on any atom is -0.368 e. The molecule has 0 bridgehead atoms. The number of nitrogens with one attached hydrogen (secondary N) is 1. The van der Waals surface area contributed by atoms with E-state index in [-0.39, 0.29) is 23.0 Å². The van der Waals surface area contributed by atoms with E-state index in [1.807, 2.05) is 0 Å². The number of aromatic nitrogens is 2. The molecule has 0 aliphatic heterocycles. The molecule has 0 atom stereocenters. The first-order valence-corrected chi connectivity index (χ1v) is 5.38. The highest BCUT2D eigenvalue weighted by molar-refractivity contribution is 5.66. The van der Waals surface area contributed by atoms with Crippen molar-refractivity contribution in [3.63, 3.8) is 0 Å². The number of nitrogens with two attached hydrogens (primary N) is 1. The third-order valence-electron chi connectivity index (χ3n) is 2.49. The lowest BCUT2D eigenvalue weighted by atomic mass is 10.2. The van der Waals surface area contributed by atoms with Crippen LogP contribution < -0.4 is 11.1 Å². The van der Waals surface area contributed by atoms with Crippen LogP contribution in [0.2, 0.25) is 0 Å². The molecule has 9 heteroatoms. The van der Waals surface area contributed by atoms with E-state index in [4.69, 9.17) is 5.73 Å². The quantitative estimate of drug-likeness (QED) is 0.660. The van der Waals surface area contributed by atoms with Gasteiger partial charge in [-0.05, 0) is 18.6 Å². The van der Waals surface area contributed by atoms with Crippen LogP contribution in [0, 0.1) is 28.7 Å². The first-order chi connectivity index (χ1) is 9.38. The van der Waals surface area contributed by atoms with Crippen molar-refractivity contribution in [1.82, 2.24) is 9.97 Å². The maximum Gasteiger partial charge on any atom is 0.329 e. The largest absolute Gasteiger partial charge is 0.368 e. The SMILES string of the molecule is Cc1cc(F)c(Nc2nc(N)ncc2[N+](=O)[O-])cc1F. The van der Waals surface area contributed by atoms with Gasteiger partial charge in [-0.15, -0.1) is 0 Å². The number of nitrogen functional groups attached to an aromatic ring is 1. The molecule has 20 heavy (non-hydrogen) atoms. The fourth-order valence-corrected chi connectivity index (χ4v) is 1.48. The Bertz CT molecular complexity index is 693. The Balaban J connectivity index is 2.47. The molecule has 104 valence electrons. The summed E-state index contributed by atoms with van der Waals surface area (Å²) in [6, 6.07) is 1.85. The Morgan fingerprint density at radius 1 is 1.35 bits per heavy atom. The van der Waals surface area contributed by atoms with Gasteiger partial charge in [-0.25, -0.2) is 13.8 Å². The molecule has 0 radical (unpaired) electrons. The molecule has 0 saturated heterocycles. The third kappa shape index (κ3) is 2.60. The fraction of sp³-hybridized carbons (Fsp3) is 0.0909. The zero-order valence-corrected chi connectivity index (χ0v) is 10.2. The van der Waals surface area contributed by atoms with Crippen molar-refractivity contribution in [1.29, 1.82) is 0 Å². The van der Waals surface area contributed by atoms with Crippen LogP contribution in [0.25, 0.3) is 0 Å². The topological polar surface area (TPSA) is 107 Å². The maximum absolute atomic E-state index is 13.7. The van der Waals surface area contributed by atoms with Crippen LogP contribution in [0.15, 0.2) is 18.3 Å². The molecule has 0 aliphatic carbocycles. The third-order valence-corrected chi connectivity index (χ3v) is 2.49. The summed E-state index contributed by atoms with van der Waals surface area (Å²) < 4.78 is 27.1. The second kappa shape index (κ2) is 5.03. The number of rotatable bonds is 3. The number of halogens is 2. The van der Waals surface area contributed by atoms with E-state index in [2.05, 4.69) is 15.3 Å². The van der Waals surface area contributed by atoms with E-state index in [1.165, 1.54) is 6.92 Å². The molecule has 0 fully saturated rings. The van der Waals surface area contributed by atoms with Gasteiger partial charge in [-0.2, -0.15) is 4.98 Å². The predicted molar refractivity (Wildman–Crippen MR) is 67.5 cm³/mol. The lowest BCUT2D eigenvalue weighted by molar-refractivity contribution is -0.384. The molecule has 0 aliphatic rings. The fourth-order valence-electron chi connectivity index (χ4n) is 1.48. The zero-order valence-electron chi connectivity index (χ0n) is 10.2. The summed E-state index contributed by atoms with van der Waals surface area (Å²) in [6.45, 7) is 1.40. The van der Waals surface area contributed by atoms with Gasteiger partial charge in [-0.1, -0.05) is 0 Å². The van der Waals surface area contributed by atoms with Gasteiger partial charge >= 0.3 is 5.69 Å². The van der Waals surface area contributed by atoms with Crippen LogP contribution in [0.4, 0.5) is 31.9 Å². The summed E-state index contributed by atoms with van der Waals surface area (Å²) in [5, 5.41) is 13.1. The normalized spacial score (nSPS) is 10.3. The summed E-state index contributed by atoms with van der Waals surface area (Å²) in [6.07, 6.45) is 0.882. The maximum atomic E-state index is 13.7. The molecule has 0 unspecified atom stereocenters. The number of anilines is 3. The minimum atomic E-state index is -0.768. The van der Waals surface area contributed by atoms with Crippen molar-refractivity contribution < 1.29 is 13.7 Å². The second-order valence-corrected chi connectivity index (χ2v) is 3.93. The van der Waals surface area contributed by atoms with Crippen LogP contribution in [-0.2, 0) is 0 Å². The lowest BCUT2D eigenvalue weighted by Gasteiger charge is -2.08. The van der Waals surface area contributed by atoms with E-state index >= 15 is 0 Å². The monoisotopic (exact) mass is 281 g/mol. The Kier molecular flexibility index (Phi) is 3.42. The molecular formula is C11H9F2N5O2. The second-order valence-electron chi connectivity index (χ2n) is 3.93. The molecule has 1 heterocycles. The van der Waals surface area contributed by atoms with Gasteiger partial charge in [0.05, 0.1) is 10.6 Å². The van der Waals surface area contributed by atoms with Gasteiger partial charge in [0.2, 0.25) is 11.8 Å². The number of benzene rings is 1. The van der Waals surface area contributed by atoms with Gasteiger partial charge in [0.15, 0.2) is 0 Å². The number of nitrogens with zero attached hydrogens (tertiary/aromatic N) is 3. The smallest absolute Gasteiger partial charge is 0.329 e. The first-order valence-electron chi connectivity index (χ1n) is 5.38. The molecule has 1 aromatic heterocycles. The first kappa shape index (κ1) is 13.6. The van der Waals surface area contributed by atoms with E-state index < -0.39 is 22.2 Å². The predicted octanol–water partition coefficient (Wildman–Crippen LogP) is 2.30. The van der Waals surface area contributed by atoms with Crippen molar-refractivity contribution in [2.75, 3.05) is 11.1 Å². The van der Waals surface area contributed by atoms with Crippen molar-refractivity contribution in [2.24, 2.45) is 0 Å². The molecule has 2 rings (SSSR count). The van der Waals surface area contributed by atoms with Crippen molar-refractivity contribution in [3.05, 3.63) is 45.6 Å². The average Bonchev–Trinajstić information content (AvgIpc) is 2.35. The average molecular weight is 281 g/mol. The highest BCUT2D eigenvalue weighted by Crippen LogP contribution is 2.27. The molecule has 0 spiro atoms. The molecule has 1 aromatic carbocycles. The Labute approximate surface area is 111 Å². The Morgan fingerprint density at radius 2 is 2.05 bits per heavy atom. The van der Waals surface area contributed by atoms with Gasteiger partial charge in [0, 0.05) is 6.07 Å². The Hall–Kier alpha value is -2.84. The zero-order chi connectivity index (χ0) is 14.9. The standard InChI is InChI=1S/C11H9F2N5O2/c1-5-2-7(13)8(3-6(5)12)16-10-9(18(19)20)4-15-11(14)17-10/h2-4H,1H3,(H3,14,15,16,17). The lowest BCUT2D eigenvalue weighted by Crippen LogP contribution is -2.05. The van der Waals surface area contributed by atoms with Crippen LogP contribution >= 0.6 is 0 Å². The van der Waals surface area contributed by atoms with E-state index in [0.29, 0.717) is 0 Å². The summed E-state index contributed by atoms with van der Waals surface area (Å²) >= 11 is 0. The summed E-state index contributed by atoms with van der Waals surface area (Å²) in [4.78, 5) is 17.1. The molecular weight excluding hydrogens is 272 g/mol. The Morgan fingerprint density at radius 3 is 2.70 bits per heavy atom. The van der Waals surface area contributed by atoms with Crippen LogP contribution in [-0.4, -0.2) is 14.9 Å². The van der Waals surface area contributed by atoms with Crippen molar-refractivity contribution in [3.8, 4) is 0 Å². The molecule has 3 N–H and O–H groups in total. The van der Waals surface area contributed by atoms with E-state index in [9.17, 15) is 18.9 Å². The van der Waals surface area contributed by atoms with Crippen LogP contribution in [0.3, 0.4) is 0 Å². The highest BCUT2D eigenvalue weighted by atomic mass is 19.1. The number of nitro groups is 1. The number of aryl methyl sites for hydroxylation is 1. The van der Waals surface area contributed by atoms with E-state index in [0.717, 1.165) is 18.3 Å². The van der Waals surface area contributed by atoms with Crippen molar-refractivity contribution >= 4 is 23.1 Å². The molecule has 7 nitrogen and oxygen atoms in total. The summed E-state index contributed by atoms with van der Waals surface area (Å²) in [5.74, 6) is -1.97. The summed E-state index contributed by atoms with van der Waals surface area (Å²) in [7, 11) is 0. The van der Waals surface area contributed by atoms with Gasteiger partial charge in [-0.3, -0.25) is 10.1 Å². The van der Waals surface area contributed by atoms with Crippen molar-refractivity contribution in [2.45, 2.75) is 6.92 Å². The highest BCUT2D eigenvalue weighted by Gasteiger charge is 2.18. The van der Waals surface area contributed by atoms with Gasteiger partial charge in [0.1, 0.15) is 17.8 Å². The minimum absolute atomic E-state index is 0.116. The molecule has 2 aromatic rings. The van der Waals surface area contributed by atoms with Gasteiger partial charge < -0.3 is 11.1 Å².